The van der Waals surface area contributed by atoms with Crippen molar-refractivity contribution in [3.05, 3.63) is 70.3 Å². The second kappa shape index (κ2) is 5.44. The number of halogens is 5. The lowest BCUT2D eigenvalue weighted by molar-refractivity contribution is -0.137. The summed E-state index contributed by atoms with van der Waals surface area (Å²) in [6.45, 7) is 1.58. The Labute approximate surface area is 117 Å². The van der Waals surface area contributed by atoms with E-state index in [0.29, 0.717) is 17.7 Å². The molecule has 0 saturated carbocycles. The van der Waals surface area contributed by atoms with Crippen molar-refractivity contribution in [1.82, 2.24) is 0 Å². The molecule has 1 atom stereocenters. The summed E-state index contributed by atoms with van der Waals surface area (Å²) in [5.74, 6) is -1.75. The Balaban J connectivity index is 2.48. The highest BCUT2D eigenvalue weighted by atomic mass is 19.4. The molecule has 0 heterocycles. The summed E-state index contributed by atoms with van der Waals surface area (Å²) in [4.78, 5) is 0. The quantitative estimate of drug-likeness (QED) is 0.817. The molecule has 0 aliphatic carbocycles. The molecular formula is C15H11F5O. The van der Waals surface area contributed by atoms with E-state index in [1.54, 1.807) is 6.92 Å². The van der Waals surface area contributed by atoms with Gasteiger partial charge in [-0.15, -0.1) is 0 Å². The maximum Gasteiger partial charge on any atom is 0.416 e. The highest BCUT2D eigenvalue weighted by Crippen LogP contribution is 2.33. The first kappa shape index (κ1) is 15.4. The lowest BCUT2D eigenvalue weighted by Gasteiger charge is -2.15. The van der Waals surface area contributed by atoms with Crippen LogP contribution in [0.4, 0.5) is 22.0 Å². The summed E-state index contributed by atoms with van der Waals surface area (Å²) in [6.07, 6.45) is -6.27. The van der Waals surface area contributed by atoms with Crippen LogP contribution in [0.2, 0.25) is 0 Å². The first-order valence-corrected chi connectivity index (χ1v) is 5.99. The van der Waals surface area contributed by atoms with Gasteiger partial charge in [0.05, 0.1) is 5.56 Å². The predicted molar refractivity (Wildman–Crippen MR) is 66.6 cm³/mol. The van der Waals surface area contributed by atoms with Crippen molar-refractivity contribution in [3.8, 4) is 0 Å². The number of hydrogen-bond acceptors (Lipinski definition) is 1. The number of aryl methyl sites for hydroxylation is 1. The zero-order valence-corrected chi connectivity index (χ0v) is 10.9. The second-order valence-electron chi connectivity index (χ2n) is 4.74. The Morgan fingerprint density at radius 3 is 1.90 bits per heavy atom. The average Bonchev–Trinajstić information content (AvgIpc) is 2.35. The minimum atomic E-state index is -4.73. The number of aliphatic hydroxyl groups is 1. The summed E-state index contributed by atoms with van der Waals surface area (Å²) < 4.78 is 64.5. The van der Waals surface area contributed by atoms with Crippen LogP contribution in [0.25, 0.3) is 0 Å². The normalized spacial score (nSPS) is 13.3. The van der Waals surface area contributed by atoms with Crippen LogP contribution >= 0.6 is 0 Å². The van der Waals surface area contributed by atoms with Gasteiger partial charge in [0.2, 0.25) is 0 Å². The van der Waals surface area contributed by atoms with Gasteiger partial charge in [-0.25, -0.2) is 8.78 Å². The largest absolute Gasteiger partial charge is 0.416 e. The molecule has 0 aliphatic rings. The van der Waals surface area contributed by atoms with Crippen LogP contribution in [-0.2, 0) is 6.18 Å². The molecule has 0 spiro atoms. The van der Waals surface area contributed by atoms with Crippen molar-refractivity contribution in [2.24, 2.45) is 0 Å². The molecule has 0 radical (unpaired) electrons. The summed E-state index contributed by atoms with van der Waals surface area (Å²) in [6, 6.07) is 5.41. The summed E-state index contributed by atoms with van der Waals surface area (Å²) in [5, 5.41) is 10.1. The van der Waals surface area contributed by atoms with E-state index in [0.717, 1.165) is 12.1 Å². The smallest absolute Gasteiger partial charge is 0.384 e. The summed E-state index contributed by atoms with van der Waals surface area (Å²) in [5.41, 5.74) is -0.931. The molecule has 0 amide bonds. The number of hydrogen-bond donors (Lipinski definition) is 1. The van der Waals surface area contributed by atoms with E-state index < -0.39 is 29.5 Å². The van der Waals surface area contributed by atoms with Gasteiger partial charge in [-0.2, -0.15) is 13.2 Å². The topological polar surface area (TPSA) is 20.2 Å². The maximum atomic E-state index is 13.3. The molecule has 1 unspecified atom stereocenters. The third-order valence-electron chi connectivity index (χ3n) is 2.94. The summed E-state index contributed by atoms with van der Waals surface area (Å²) >= 11 is 0. The van der Waals surface area contributed by atoms with E-state index in [1.165, 1.54) is 12.1 Å². The Morgan fingerprint density at radius 2 is 1.38 bits per heavy atom. The molecule has 2 rings (SSSR count). The summed E-state index contributed by atoms with van der Waals surface area (Å²) in [7, 11) is 0. The van der Waals surface area contributed by atoms with Gasteiger partial charge in [0.15, 0.2) is 0 Å². The van der Waals surface area contributed by atoms with E-state index in [1.807, 2.05) is 0 Å². The van der Waals surface area contributed by atoms with Crippen molar-refractivity contribution in [3.63, 3.8) is 0 Å². The Bertz CT molecular complexity index is 643. The highest BCUT2D eigenvalue weighted by molar-refractivity contribution is 5.36. The van der Waals surface area contributed by atoms with Gasteiger partial charge in [0, 0.05) is 0 Å². The van der Waals surface area contributed by atoms with E-state index in [9.17, 15) is 27.1 Å². The van der Waals surface area contributed by atoms with Crippen LogP contribution in [-0.4, -0.2) is 5.11 Å². The van der Waals surface area contributed by atoms with Crippen molar-refractivity contribution in [2.45, 2.75) is 19.2 Å². The molecule has 112 valence electrons. The average molecular weight is 302 g/mol. The van der Waals surface area contributed by atoms with Crippen LogP contribution < -0.4 is 0 Å². The first-order chi connectivity index (χ1) is 9.66. The molecule has 6 heteroatoms. The van der Waals surface area contributed by atoms with E-state index in [4.69, 9.17) is 0 Å². The monoisotopic (exact) mass is 302 g/mol. The molecule has 21 heavy (non-hydrogen) atoms. The Morgan fingerprint density at radius 1 is 0.857 bits per heavy atom. The van der Waals surface area contributed by atoms with E-state index in [2.05, 4.69) is 0 Å². The predicted octanol–water partition coefficient (Wildman–Crippen LogP) is 4.37. The molecule has 0 bridgehead atoms. The standard InChI is InChI=1S/C15H11F5O/c1-8-2-9(5-12(16)3-8)14(21)10-4-11(15(18,19)20)7-13(17)6-10/h2-7,14,21H,1H3. The zero-order chi connectivity index (χ0) is 15.8. The molecule has 1 nitrogen and oxygen atoms in total. The number of benzene rings is 2. The van der Waals surface area contributed by atoms with Gasteiger partial charge in [-0.3, -0.25) is 0 Å². The van der Waals surface area contributed by atoms with Gasteiger partial charge in [0.1, 0.15) is 17.7 Å². The zero-order valence-electron chi connectivity index (χ0n) is 10.9. The molecule has 0 fully saturated rings. The van der Waals surface area contributed by atoms with E-state index >= 15 is 0 Å². The molecule has 0 aliphatic heterocycles. The first-order valence-electron chi connectivity index (χ1n) is 5.99. The minimum Gasteiger partial charge on any atom is -0.384 e. The SMILES string of the molecule is Cc1cc(F)cc(C(O)c2cc(F)cc(C(F)(F)F)c2)c1. The van der Waals surface area contributed by atoms with Crippen molar-refractivity contribution >= 4 is 0 Å². The van der Waals surface area contributed by atoms with Gasteiger partial charge in [0.25, 0.3) is 0 Å². The van der Waals surface area contributed by atoms with Gasteiger partial charge < -0.3 is 5.11 Å². The van der Waals surface area contributed by atoms with Crippen molar-refractivity contribution in [2.75, 3.05) is 0 Å². The van der Waals surface area contributed by atoms with Crippen molar-refractivity contribution < 1.29 is 27.1 Å². The van der Waals surface area contributed by atoms with Crippen LogP contribution in [0.1, 0.15) is 28.4 Å². The van der Waals surface area contributed by atoms with Crippen molar-refractivity contribution in [1.29, 1.82) is 0 Å². The third-order valence-corrected chi connectivity index (χ3v) is 2.94. The third kappa shape index (κ3) is 3.58. The highest BCUT2D eigenvalue weighted by Gasteiger charge is 2.32. The number of alkyl halides is 3. The van der Waals surface area contributed by atoms with Crippen LogP contribution in [0, 0.1) is 18.6 Å². The van der Waals surface area contributed by atoms with Gasteiger partial charge in [-0.05, 0) is 53.9 Å². The molecule has 0 aromatic heterocycles. The fraction of sp³-hybridized carbons (Fsp3) is 0.200. The van der Waals surface area contributed by atoms with Gasteiger partial charge in [-0.1, -0.05) is 6.07 Å². The Hall–Kier alpha value is -1.95. The molecule has 2 aromatic rings. The van der Waals surface area contributed by atoms with Crippen LogP contribution in [0.15, 0.2) is 36.4 Å². The van der Waals surface area contributed by atoms with Crippen LogP contribution in [0.5, 0.6) is 0 Å². The van der Waals surface area contributed by atoms with Crippen LogP contribution in [0.3, 0.4) is 0 Å². The number of aliphatic hydroxyl groups excluding tert-OH is 1. The molecule has 2 aromatic carbocycles. The number of rotatable bonds is 2. The lowest BCUT2D eigenvalue weighted by atomic mass is 9.98. The maximum absolute atomic E-state index is 13.3. The minimum absolute atomic E-state index is 0.0613. The molecule has 0 saturated heterocycles. The van der Waals surface area contributed by atoms with Gasteiger partial charge >= 0.3 is 6.18 Å². The molecule has 1 N–H and O–H groups in total. The second-order valence-corrected chi connectivity index (χ2v) is 4.74. The fourth-order valence-corrected chi connectivity index (χ4v) is 2.05. The fourth-order valence-electron chi connectivity index (χ4n) is 2.05. The Kier molecular flexibility index (Phi) is 4.00. The molecular weight excluding hydrogens is 291 g/mol. The lowest BCUT2D eigenvalue weighted by Crippen LogP contribution is -2.09. The van der Waals surface area contributed by atoms with E-state index in [-0.39, 0.29) is 11.1 Å².